The molecule has 0 saturated heterocycles. The number of nitrogens with zero attached hydrogens (tertiary/aromatic N) is 2. The summed E-state index contributed by atoms with van der Waals surface area (Å²) in [6.45, 7) is 6.20. The Bertz CT molecular complexity index is 637. The average Bonchev–Trinajstić information content (AvgIpc) is 2.57. The molecule has 0 atom stereocenters. The Morgan fingerprint density at radius 2 is 1.78 bits per heavy atom. The predicted octanol–water partition coefficient (Wildman–Crippen LogP) is 4.61. The van der Waals surface area contributed by atoms with Crippen LogP contribution in [0.1, 0.15) is 37.0 Å². The van der Waals surface area contributed by atoms with E-state index in [1.54, 1.807) is 30.5 Å². The van der Waals surface area contributed by atoms with Gasteiger partial charge in [0.1, 0.15) is 0 Å². The minimum Gasteiger partial charge on any atom is -0.370 e. The first-order valence-electron chi connectivity index (χ1n) is 7.91. The second-order valence-electron chi connectivity index (χ2n) is 5.38. The van der Waals surface area contributed by atoms with Gasteiger partial charge in [0.2, 0.25) is 0 Å². The molecule has 0 unspecified atom stereocenters. The van der Waals surface area contributed by atoms with Crippen molar-refractivity contribution in [2.75, 3.05) is 23.3 Å². The van der Waals surface area contributed by atoms with Crippen molar-refractivity contribution in [3.8, 4) is 0 Å². The smallest absolute Gasteiger partial charge is 0.257 e. The average molecular weight is 332 g/mol. The van der Waals surface area contributed by atoms with Crippen LogP contribution in [0.5, 0.6) is 0 Å². The molecule has 2 aromatic rings. The molecule has 1 amide bonds. The van der Waals surface area contributed by atoms with Gasteiger partial charge < -0.3 is 10.2 Å². The molecule has 1 heterocycles. The number of carbonyl (C=O) groups excluding carboxylic acids is 1. The zero-order valence-electron chi connectivity index (χ0n) is 13.6. The summed E-state index contributed by atoms with van der Waals surface area (Å²) in [6, 6.07) is 8.94. The zero-order chi connectivity index (χ0) is 16.7. The summed E-state index contributed by atoms with van der Waals surface area (Å²) in [6.07, 6.45) is 5.51. The molecule has 5 heteroatoms. The molecule has 0 aliphatic rings. The molecule has 122 valence electrons. The number of nitrogens with one attached hydrogen (secondary N) is 1. The summed E-state index contributed by atoms with van der Waals surface area (Å²) in [4.78, 5) is 18.9. The first-order chi connectivity index (χ1) is 11.1. The van der Waals surface area contributed by atoms with Gasteiger partial charge in [-0.1, -0.05) is 25.4 Å². The van der Waals surface area contributed by atoms with E-state index in [2.05, 4.69) is 29.0 Å². The van der Waals surface area contributed by atoms with E-state index in [1.807, 2.05) is 12.3 Å². The van der Waals surface area contributed by atoms with Crippen LogP contribution in [0.3, 0.4) is 0 Å². The largest absolute Gasteiger partial charge is 0.370 e. The molecule has 23 heavy (non-hydrogen) atoms. The van der Waals surface area contributed by atoms with Gasteiger partial charge in [0.25, 0.3) is 5.91 Å². The van der Waals surface area contributed by atoms with E-state index in [1.165, 1.54) is 0 Å². The summed E-state index contributed by atoms with van der Waals surface area (Å²) < 4.78 is 0. The van der Waals surface area contributed by atoms with Crippen LogP contribution in [0, 0.1) is 0 Å². The van der Waals surface area contributed by atoms with E-state index in [0.717, 1.165) is 31.6 Å². The standard InChI is InChI=1S/C18H22ClN3O/c1-3-9-22(10-4-2)17-11-14(12-20-13-17)18(23)21-16-7-5-15(19)6-8-16/h5-8,11-13H,3-4,9-10H2,1-2H3,(H,21,23). The molecule has 0 saturated carbocycles. The lowest BCUT2D eigenvalue weighted by Gasteiger charge is -2.23. The molecule has 0 fully saturated rings. The quantitative estimate of drug-likeness (QED) is 0.805. The lowest BCUT2D eigenvalue weighted by Crippen LogP contribution is -2.25. The second kappa shape index (κ2) is 8.53. The van der Waals surface area contributed by atoms with Gasteiger partial charge in [-0.2, -0.15) is 0 Å². The van der Waals surface area contributed by atoms with Crippen LogP contribution in [-0.4, -0.2) is 24.0 Å². The SMILES string of the molecule is CCCN(CCC)c1cncc(C(=O)Nc2ccc(Cl)cc2)c1. The van der Waals surface area contributed by atoms with E-state index < -0.39 is 0 Å². The van der Waals surface area contributed by atoms with Crippen LogP contribution in [0.15, 0.2) is 42.7 Å². The number of aromatic nitrogens is 1. The van der Waals surface area contributed by atoms with Crippen molar-refractivity contribution >= 4 is 28.9 Å². The first kappa shape index (κ1) is 17.3. The molecule has 1 aromatic heterocycles. The van der Waals surface area contributed by atoms with E-state index in [9.17, 15) is 4.79 Å². The Balaban J connectivity index is 2.14. The lowest BCUT2D eigenvalue weighted by atomic mass is 10.2. The number of pyridine rings is 1. The third-order valence-electron chi connectivity index (χ3n) is 3.44. The van der Waals surface area contributed by atoms with Crippen LogP contribution in [0.2, 0.25) is 5.02 Å². The van der Waals surface area contributed by atoms with E-state index in [0.29, 0.717) is 16.3 Å². The number of benzene rings is 1. The highest BCUT2D eigenvalue weighted by atomic mass is 35.5. The molecule has 1 aromatic carbocycles. The van der Waals surface area contributed by atoms with E-state index in [4.69, 9.17) is 11.6 Å². The Morgan fingerprint density at radius 1 is 1.13 bits per heavy atom. The molecule has 4 nitrogen and oxygen atoms in total. The molecule has 1 N–H and O–H groups in total. The maximum Gasteiger partial charge on any atom is 0.257 e. The summed E-state index contributed by atoms with van der Waals surface area (Å²) in [5.74, 6) is -0.172. The van der Waals surface area contributed by atoms with Gasteiger partial charge in [-0.15, -0.1) is 0 Å². The molecule has 0 radical (unpaired) electrons. The molecular weight excluding hydrogens is 310 g/mol. The summed E-state index contributed by atoms with van der Waals surface area (Å²) >= 11 is 5.85. The topological polar surface area (TPSA) is 45.2 Å². The van der Waals surface area contributed by atoms with Crippen molar-refractivity contribution in [3.63, 3.8) is 0 Å². The molecule has 2 rings (SSSR count). The molecule has 0 aliphatic heterocycles. The third kappa shape index (κ3) is 4.96. The fraction of sp³-hybridized carbons (Fsp3) is 0.333. The number of rotatable bonds is 7. The van der Waals surface area contributed by atoms with Crippen molar-refractivity contribution in [1.82, 2.24) is 4.98 Å². The highest BCUT2D eigenvalue weighted by molar-refractivity contribution is 6.30. The number of halogens is 1. The van der Waals surface area contributed by atoms with Crippen LogP contribution in [-0.2, 0) is 0 Å². The van der Waals surface area contributed by atoms with Gasteiger partial charge in [0, 0.05) is 30.0 Å². The van der Waals surface area contributed by atoms with Gasteiger partial charge in [0.15, 0.2) is 0 Å². The number of amides is 1. The summed E-state index contributed by atoms with van der Waals surface area (Å²) in [5.41, 5.74) is 2.25. The fourth-order valence-electron chi connectivity index (χ4n) is 2.37. The number of hydrogen-bond donors (Lipinski definition) is 1. The van der Waals surface area contributed by atoms with E-state index in [-0.39, 0.29) is 5.91 Å². The van der Waals surface area contributed by atoms with E-state index >= 15 is 0 Å². The number of hydrogen-bond acceptors (Lipinski definition) is 3. The Labute approximate surface area is 142 Å². The number of carbonyl (C=O) groups is 1. The highest BCUT2D eigenvalue weighted by Gasteiger charge is 2.11. The van der Waals surface area contributed by atoms with Crippen molar-refractivity contribution in [3.05, 3.63) is 53.3 Å². The van der Waals surface area contributed by atoms with Crippen LogP contribution < -0.4 is 10.2 Å². The molecule has 0 aliphatic carbocycles. The maximum absolute atomic E-state index is 12.4. The van der Waals surface area contributed by atoms with Crippen molar-refractivity contribution < 1.29 is 4.79 Å². The van der Waals surface area contributed by atoms with Crippen molar-refractivity contribution in [1.29, 1.82) is 0 Å². The Kier molecular flexibility index (Phi) is 6.41. The van der Waals surface area contributed by atoms with Gasteiger partial charge in [-0.25, -0.2) is 0 Å². The minimum atomic E-state index is -0.172. The van der Waals surface area contributed by atoms with Gasteiger partial charge in [-0.05, 0) is 43.2 Å². The highest BCUT2D eigenvalue weighted by Crippen LogP contribution is 2.18. The third-order valence-corrected chi connectivity index (χ3v) is 3.69. The number of anilines is 2. The van der Waals surface area contributed by atoms with Gasteiger partial charge >= 0.3 is 0 Å². The second-order valence-corrected chi connectivity index (χ2v) is 5.82. The van der Waals surface area contributed by atoms with Gasteiger partial charge in [0.05, 0.1) is 17.4 Å². The summed E-state index contributed by atoms with van der Waals surface area (Å²) in [5, 5.41) is 3.50. The first-order valence-corrected chi connectivity index (χ1v) is 8.28. The van der Waals surface area contributed by atoms with Crippen molar-refractivity contribution in [2.24, 2.45) is 0 Å². The molecule has 0 spiro atoms. The van der Waals surface area contributed by atoms with Crippen LogP contribution in [0.4, 0.5) is 11.4 Å². The Hall–Kier alpha value is -2.07. The minimum absolute atomic E-state index is 0.172. The van der Waals surface area contributed by atoms with Crippen molar-refractivity contribution in [2.45, 2.75) is 26.7 Å². The van der Waals surface area contributed by atoms with Crippen LogP contribution >= 0.6 is 11.6 Å². The monoisotopic (exact) mass is 331 g/mol. The molecular formula is C18H22ClN3O. The predicted molar refractivity (Wildman–Crippen MR) is 96.4 cm³/mol. The Morgan fingerprint density at radius 3 is 2.39 bits per heavy atom. The maximum atomic E-state index is 12.4. The lowest BCUT2D eigenvalue weighted by molar-refractivity contribution is 0.102. The molecule has 0 bridgehead atoms. The van der Waals surface area contributed by atoms with Gasteiger partial charge in [-0.3, -0.25) is 9.78 Å². The van der Waals surface area contributed by atoms with Crippen LogP contribution in [0.25, 0.3) is 0 Å². The summed E-state index contributed by atoms with van der Waals surface area (Å²) in [7, 11) is 0. The normalized spacial score (nSPS) is 10.4. The zero-order valence-corrected chi connectivity index (χ0v) is 14.3. The fourth-order valence-corrected chi connectivity index (χ4v) is 2.50.